The number of hydrogen-bond acceptors (Lipinski definition) is 4. The van der Waals surface area contributed by atoms with Crippen LogP contribution >= 0.6 is 0 Å². The summed E-state index contributed by atoms with van der Waals surface area (Å²) in [6.07, 6.45) is -0.655. The topological polar surface area (TPSA) is 64.6 Å². The first kappa shape index (κ1) is 16.5. The molecule has 5 nitrogen and oxygen atoms in total. The summed E-state index contributed by atoms with van der Waals surface area (Å²) in [7, 11) is 0. The summed E-state index contributed by atoms with van der Waals surface area (Å²) in [5.74, 6) is -0.509. The summed E-state index contributed by atoms with van der Waals surface area (Å²) in [6.45, 7) is 1.88. The number of carbonyl (C=O) groups is 2. The summed E-state index contributed by atoms with van der Waals surface area (Å²) in [5, 5.41) is 2.45. The molecule has 23 heavy (non-hydrogen) atoms. The Morgan fingerprint density at radius 3 is 1.87 bits per heavy atom. The van der Waals surface area contributed by atoms with Crippen LogP contribution in [-0.4, -0.2) is 18.1 Å². The fourth-order valence-corrected chi connectivity index (χ4v) is 1.85. The van der Waals surface area contributed by atoms with Gasteiger partial charge in [0.2, 0.25) is 0 Å². The van der Waals surface area contributed by atoms with Gasteiger partial charge in [-0.2, -0.15) is 0 Å². The van der Waals surface area contributed by atoms with Crippen LogP contribution < -0.4 is 5.32 Å². The fraction of sp³-hybridized carbons (Fsp3) is 0.222. The second-order valence-corrected chi connectivity index (χ2v) is 5.02. The van der Waals surface area contributed by atoms with E-state index >= 15 is 0 Å². The maximum Gasteiger partial charge on any atom is 0.408 e. The first-order valence-electron chi connectivity index (χ1n) is 7.33. The first-order chi connectivity index (χ1) is 11.1. The van der Waals surface area contributed by atoms with Gasteiger partial charge in [0, 0.05) is 0 Å². The zero-order valence-corrected chi connectivity index (χ0v) is 12.9. The summed E-state index contributed by atoms with van der Waals surface area (Å²) < 4.78 is 10.2. The molecule has 0 radical (unpaired) electrons. The van der Waals surface area contributed by atoms with E-state index in [1.54, 1.807) is 6.92 Å². The van der Waals surface area contributed by atoms with Crippen LogP contribution in [0.15, 0.2) is 60.7 Å². The summed E-state index contributed by atoms with van der Waals surface area (Å²) in [5.41, 5.74) is 1.77. The molecule has 2 rings (SSSR count). The molecule has 1 amide bonds. The summed E-state index contributed by atoms with van der Waals surface area (Å²) >= 11 is 0. The van der Waals surface area contributed by atoms with Gasteiger partial charge < -0.3 is 14.8 Å². The third-order valence-electron chi connectivity index (χ3n) is 3.12. The van der Waals surface area contributed by atoms with Gasteiger partial charge in [-0.3, -0.25) is 0 Å². The van der Waals surface area contributed by atoms with E-state index in [2.05, 4.69) is 5.32 Å². The lowest BCUT2D eigenvalue weighted by molar-refractivity contribution is -0.146. The second-order valence-electron chi connectivity index (χ2n) is 5.02. The van der Waals surface area contributed by atoms with Crippen LogP contribution in [0.25, 0.3) is 0 Å². The van der Waals surface area contributed by atoms with Crippen molar-refractivity contribution < 1.29 is 19.1 Å². The Bertz CT molecular complexity index is 628. The van der Waals surface area contributed by atoms with Gasteiger partial charge in [-0.05, 0) is 18.1 Å². The van der Waals surface area contributed by atoms with E-state index in [-0.39, 0.29) is 13.2 Å². The highest BCUT2D eigenvalue weighted by Gasteiger charge is 2.17. The lowest BCUT2D eigenvalue weighted by atomic mass is 10.2. The lowest BCUT2D eigenvalue weighted by Gasteiger charge is -2.13. The number of alkyl carbamates (subject to hydrolysis) is 1. The predicted octanol–water partition coefficient (Wildman–Crippen LogP) is 3.04. The molecule has 0 unspecified atom stereocenters. The van der Waals surface area contributed by atoms with Gasteiger partial charge in [-0.25, -0.2) is 9.59 Å². The van der Waals surface area contributed by atoms with Crippen molar-refractivity contribution in [1.29, 1.82) is 0 Å². The minimum atomic E-state index is -0.776. The third-order valence-corrected chi connectivity index (χ3v) is 3.12. The van der Waals surface area contributed by atoms with Gasteiger partial charge in [0.05, 0.1) is 0 Å². The van der Waals surface area contributed by atoms with Crippen LogP contribution in [0.3, 0.4) is 0 Å². The molecule has 5 heteroatoms. The monoisotopic (exact) mass is 313 g/mol. The SMILES string of the molecule is C[C@H](NC(=O)OCc1ccccc1)C(=O)OCc1ccccc1. The predicted molar refractivity (Wildman–Crippen MR) is 85.5 cm³/mol. The molecular weight excluding hydrogens is 294 g/mol. The third kappa shape index (κ3) is 5.82. The number of hydrogen-bond donors (Lipinski definition) is 1. The van der Waals surface area contributed by atoms with Crippen LogP contribution in [0.2, 0.25) is 0 Å². The van der Waals surface area contributed by atoms with E-state index in [4.69, 9.17) is 9.47 Å². The molecule has 120 valence electrons. The molecule has 1 atom stereocenters. The van der Waals surface area contributed by atoms with E-state index < -0.39 is 18.1 Å². The van der Waals surface area contributed by atoms with E-state index in [1.165, 1.54) is 0 Å². The molecule has 0 aromatic heterocycles. The Labute approximate surface area is 135 Å². The quantitative estimate of drug-likeness (QED) is 0.833. The second kappa shape index (κ2) is 8.58. The molecule has 0 fully saturated rings. The Kier molecular flexibility index (Phi) is 6.17. The van der Waals surface area contributed by atoms with E-state index in [1.807, 2.05) is 60.7 Å². The number of esters is 1. The van der Waals surface area contributed by atoms with Crippen LogP contribution in [0, 0.1) is 0 Å². The maximum absolute atomic E-state index is 11.8. The molecule has 0 spiro atoms. The number of amides is 1. The van der Waals surface area contributed by atoms with Gasteiger partial charge in [0.15, 0.2) is 0 Å². The maximum atomic E-state index is 11.8. The van der Waals surface area contributed by atoms with Gasteiger partial charge in [0.25, 0.3) is 0 Å². The van der Waals surface area contributed by atoms with Crippen molar-refractivity contribution in [3.8, 4) is 0 Å². The molecule has 0 heterocycles. The Balaban J connectivity index is 1.71. The zero-order chi connectivity index (χ0) is 16.5. The van der Waals surface area contributed by atoms with Crippen molar-refractivity contribution in [1.82, 2.24) is 5.32 Å². The number of benzene rings is 2. The minimum absolute atomic E-state index is 0.151. The molecular formula is C18H19NO4. The Morgan fingerprint density at radius 1 is 0.870 bits per heavy atom. The van der Waals surface area contributed by atoms with Crippen molar-refractivity contribution in [2.24, 2.45) is 0 Å². The molecule has 0 saturated heterocycles. The van der Waals surface area contributed by atoms with Gasteiger partial charge >= 0.3 is 12.1 Å². The van der Waals surface area contributed by atoms with Crippen LogP contribution in [0.1, 0.15) is 18.1 Å². The molecule has 0 aliphatic heterocycles. The van der Waals surface area contributed by atoms with Gasteiger partial charge in [-0.15, -0.1) is 0 Å². The van der Waals surface area contributed by atoms with Crippen LogP contribution in [0.4, 0.5) is 4.79 Å². The number of carbonyl (C=O) groups excluding carboxylic acids is 2. The Morgan fingerprint density at radius 2 is 1.35 bits per heavy atom. The molecule has 2 aromatic carbocycles. The van der Waals surface area contributed by atoms with Crippen molar-refractivity contribution in [2.45, 2.75) is 26.2 Å². The number of ether oxygens (including phenoxy) is 2. The number of rotatable bonds is 6. The van der Waals surface area contributed by atoms with Gasteiger partial charge in [-0.1, -0.05) is 60.7 Å². The van der Waals surface area contributed by atoms with Crippen molar-refractivity contribution >= 4 is 12.1 Å². The van der Waals surface area contributed by atoms with Gasteiger partial charge in [0.1, 0.15) is 19.3 Å². The van der Waals surface area contributed by atoms with Crippen molar-refractivity contribution in [3.05, 3.63) is 71.8 Å². The highest BCUT2D eigenvalue weighted by molar-refractivity contribution is 5.80. The van der Waals surface area contributed by atoms with Crippen LogP contribution in [-0.2, 0) is 27.5 Å². The van der Waals surface area contributed by atoms with Crippen molar-refractivity contribution in [2.75, 3.05) is 0 Å². The smallest absolute Gasteiger partial charge is 0.408 e. The number of nitrogens with one attached hydrogen (secondary N) is 1. The first-order valence-corrected chi connectivity index (χ1v) is 7.33. The molecule has 0 bridgehead atoms. The van der Waals surface area contributed by atoms with E-state index in [0.29, 0.717) is 0 Å². The Hall–Kier alpha value is -2.82. The summed E-state index contributed by atoms with van der Waals surface area (Å²) in [4.78, 5) is 23.5. The van der Waals surface area contributed by atoms with Crippen molar-refractivity contribution in [3.63, 3.8) is 0 Å². The highest BCUT2D eigenvalue weighted by Crippen LogP contribution is 2.03. The molecule has 1 N–H and O–H groups in total. The minimum Gasteiger partial charge on any atom is -0.459 e. The average molecular weight is 313 g/mol. The van der Waals surface area contributed by atoms with E-state index in [9.17, 15) is 9.59 Å². The lowest BCUT2D eigenvalue weighted by Crippen LogP contribution is -2.39. The molecule has 0 aliphatic carbocycles. The molecule has 2 aromatic rings. The summed E-state index contributed by atoms with van der Waals surface area (Å²) in [6, 6.07) is 17.9. The average Bonchev–Trinajstić information content (AvgIpc) is 2.59. The fourth-order valence-electron chi connectivity index (χ4n) is 1.85. The normalized spacial score (nSPS) is 11.3. The highest BCUT2D eigenvalue weighted by atomic mass is 16.6. The van der Waals surface area contributed by atoms with E-state index in [0.717, 1.165) is 11.1 Å². The van der Waals surface area contributed by atoms with Crippen LogP contribution in [0.5, 0.6) is 0 Å². The zero-order valence-electron chi connectivity index (χ0n) is 12.9. The molecule has 0 aliphatic rings. The standard InChI is InChI=1S/C18H19NO4/c1-14(17(20)22-12-15-8-4-2-5-9-15)19-18(21)23-13-16-10-6-3-7-11-16/h2-11,14H,12-13H2,1H3,(H,19,21)/t14-/m0/s1. The molecule has 0 saturated carbocycles. The largest absolute Gasteiger partial charge is 0.459 e.